The maximum absolute atomic E-state index is 9.38. The van der Waals surface area contributed by atoms with Gasteiger partial charge in [0, 0.05) is 6.42 Å². The highest BCUT2D eigenvalue weighted by Crippen LogP contribution is 2.30. The molecule has 18 heavy (non-hydrogen) atoms. The first kappa shape index (κ1) is 12.1. The highest BCUT2D eigenvalue weighted by Gasteiger charge is 2.26. The van der Waals surface area contributed by atoms with Crippen molar-refractivity contribution in [1.82, 2.24) is 0 Å². The van der Waals surface area contributed by atoms with E-state index in [0.29, 0.717) is 12.8 Å². The van der Waals surface area contributed by atoms with Gasteiger partial charge in [-0.1, -0.05) is 36.4 Å². The molecule has 2 rings (SSSR count). The topological polar surface area (TPSA) is 47.6 Å². The van der Waals surface area contributed by atoms with Crippen molar-refractivity contribution < 1.29 is 0 Å². The lowest BCUT2D eigenvalue weighted by Crippen LogP contribution is -2.19. The molecule has 0 saturated heterocycles. The average molecular weight is 234 g/mol. The van der Waals surface area contributed by atoms with Crippen molar-refractivity contribution in [1.29, 1.82) is 10.5 Å². The molecule has 0 aromatic heterocycles. The predicted octanol–water partition coefficient (Wildman–Crippen LogP) is 3.92. The van der Waals surface area contributed by atoms with Crippen LogP contribution in [0.2, 0.25) is 0 Å². The highest BCUT2D eigenvalue weighted by molar-refractivity contribution is 5.83. The molecule has 0 aliphatic carbocycles. The van der Waals surface area contributed by atoms with Gasteiger partial charge in [0.15, 0.2) is 0 Å². The Balaban J connectivity index is 2.47. The van der Waals surface area contributed by atoms with E-state index in [2.05, 4.69) is 24.3 Å². The van der Waals surface area contributed by atoms with Crippen LogP contribution in [-0.2, 0) is 5.41 Å². The van der Waals surface area contributed by atoms with Crippen LogP contribution in [0.4, 0.5) is 0 Å². The van der Waals surface area contributed by atoms with Gasteiger partial charge < -0.3 is 0 Å². The lowest BCUT2D eigenvalue weighted by Gasteiger charge is -2.21. The minimum absolute atomic E-state index is 0.400. The lowest BCUT2D eigenvalue weighted by molar-refractivity contribution is 0.563. The number of hydrogen-bond donors (Lipinski definition) is 0. The minimum Gasteiger partial charge on any atom is -0.198 e. The van der Waals surface area contributed by atoms with Crippen molar-refractivity contribution in [3.63, 3.8) is 0 Å². The molecule has 2 nitrogen and oxygen atoms in total. The molecule has 0 amide bonds. The number of nitrogens with zero attached hydrogens (tertiary/aromatic N) is 2. The summed E-state index contributed by atoms with van der Waals surface area (Å²) < 4.78 is 0. The van der Waals surface area contributed by atoms with Crippen LogP contribution < -0.4 is 0 Å². The molecule has 1 unspecified atom stereocenters. The highest BCUT2D eigenvalue weighted by atomic mass is 14.4. The molecule has 88 valence electrons. The van der Waals surface area contributed by atoms with E-state index in [1.165, 1.54) is 5.39 Å². The molecule has 0 saturated carbocycles. The van der Waals surface area contributed by atoms with Crippen LogP contribution in [-0.4, -0.2) is 0 Å². The molecule has 0 radical (unpaired) electrons. The van der Waals surface area contributed by atoms with E-state index < -0.39 is 5.41 Å². The van der Waals surface area contributed by atoms with Crippen molar-refractivity contribution in [3.8, 4) is 12.1 Å². The first-order valence-corrected chi connectivity index (χ1v) is 5.97. The second-order valence-corrected chi connectivity index (χ2v) is 4.66. The van der Waals surface area contributed by atoms with Crippen LogP contribution in [0.15, 0.2) is 42.5 Å². The summed E-state index contributed by atoms with van der Waals surface area (Å²) >= 11 is 0. The fourth-order valence-electron chi connectivity index (χ4n) is 2.10. The van der Waals surface area contributed by atoms with E-state index in [4.69, 9.17) is 5.26 Å². The summed E-state index contributed by atoms with van der Waals surface area (Å²) in [6, 6.07) is 18.6. The van der Waals surface area contributed by atoms with E-state index in [1.54, 1.807) is 0 Å². The first-order chi connectivity index (χ1) is 8.69. The zero-order chi connectivity index (χ0) is 13.0. The Morgan fingerprint density at radius 1 is 1.06 bits per heavy atom. The Kier molecular flexibility index (Phi) is 3.31. The quantitative estimate of drug-likeness (QED) is 0.807. The van der Waals surface area contributed by atoms with Gasteiger partial charge in [-0.3, -0.25) is 0 Å². The Bertz CT molecular complexity index is 646. The molecule has 0 fully saturated rings. The molecule has 0 heterocycles. The summed E-state index contributed by atoms with van der Waals surface area (Å²) in [5.41, 5.74) is 0.402. The van der Waals surface area contributed by atoms with Gasteiger partial charge in [-0.05, 0) is 35.7 Å². The second-order valence-electron chi connectivity index (χ2n) is 4.66. The van der Waals surface area contributed by atoms with E-state index in [9.17, 15) is 5.26 Å². The van der Waals surface area contributed by atoms with Crippen LogP contribution in [0, 0.1) is 22.7 Å². The molecule has 2 heteroatoms. The molecule has 0 N–H and O–H groups in total. The average Bonchev–Trinajstić information content (AvgIpc) is 2.44. The van der Waals surface area contributed by atoms with Crippen LogP contribution in [0.5, 0.6) is 0 Å². The van der Waals surface area contributed by atoms with Gasteiger partial charge in [0.05, 0.1) is 17.6 Å². The van der Waals surface area contributed by atoms with E-state index in [0.717, 1.165) is 10.9 Å². The van der Waals surface area contributed by atoms with Gasteiger partial charge in [-0.15, -0.1) is 0 Å². The SMILES string of the molecule is CC(C#N)(CCC#N)c1ccc2ccccc2c1. The van der Waals surface area contributed by atoms with Crippen LogP contribution in [0.3, 0.4) is 0 Å². The van der Waals surface area contributed by atoms with E-state index >= 15 is 0 Å². The smallest absolute Gasteiger partial charge is 0.0804 e. The molecule has 0 bridgehead atoms. The summed E-state index contributed by atoms with van der Waals surface area (Å²) in [7, 11) is 0. The fourth-order valence-corrected chi connectivity index (χ4v) is 2.10. The third-order valence-corrected chi connectivity index (χ3v) is 3.37. The van der Waals surface area contributed by atoms with Gasteiger partial charge in [0.25, 0.3) is 0 Å². The monoisotopic (exact) mass is 234 g/mol. The molecule has 0 aliphatic rings. The van der Waals surface area contributed by atoms with Gasteiger partial charge in [-0.25, -0.2) is 0 Å². The number of rotatable bonds is 3. The maximum Gasteiger partial charge on any atom is 0.0804 e. The van der Waals surface area contributed by atoms with Gasteiger partial charge in [0.1, 0.15) is 0 Å². The summed E-state index contributed by atoms with van der Waals surface area (Å²) in [6.07, 6.45) is 0.967. The second kappa shape index (κ2) is 4.90. The Morgan fingerprint density at radius 3 is 2.44 bits per heavy atom. The zero-order valence-corrected chi connectivity index (χ0v) is 10.4. The minimum atomic E-state index is -0.584. The zero-order valence-electron chi connectivity index (χ0n) is 10.4. The maximum atomic E-state index is 9.38. The molecule has 2 aromatic carbocycles. The van der Waals surface area contributed by atoms with Crippen LogP contribution in [0.1, 0.15) is 25.3 Å². The van der Waals surface area contributed by atoms with Crippen molar-refractivity contribution >= 4 is 10.8 Å². The fraction of sp³-hybridized carbons (Fsp3) is 0.250. The van der Waals surface area contributed by atoms with Crippen LogP contribution >= 0.6 is 0 Å². The van der Waals surface area contributed by atoms with Crippen molar-refractivity contribution in [3.05, 3.63) is 48.0 Å². The predicted molar refractivity (Wildman–Crippen MR) is 71.8 cm³/mol. The van der Waals surface area contributed by atoms with Crippen molar-refractivity contribution in [2.24, 2.45) is 0 Å². The number of benzene rings is 2. The summed E-state index contributed by atoms with van der Waals surface area (Å²) in [5, 5.41) is 20.4. The Hall–Kier alpha value is -2.32. The Labute approximate surface area is 107 Å². The summed E-state index contributed by atoms with van der Waals surface area (Å²) in [4.78, 5) is 0. The number of fused-ring (bicyclic) bond motifs is 1. The lowest BCUT2D eigenvalue weighted by atomic mass is 9.79. The van der Waals surface area contributed by atoms with E-state index in [-0.39, 0.29) is 0 Å². The van der Waals surface area contributed by atoms with Crippen molar-refractivity contribution in [2.45, 2.75) is 25.2 Å². The molecular formula is C16H14N2. The summed E-state index contributed by atoms with van der Waals surface area (Å²) in [5.74, 6) is 0. The summed E-state index contributed by atoms with van der Waals surface area (Å²) in [6.45, 7) is 1.90. The molecule has 2 aromatic rings. The standard InChI is InChI=1S/C16H14N2/c1-16(12-18,9-4-10-17)15-8-7-13-5-2-3-6-14(13)11-15/h2-3,5-8,11H,4,9H2,1H3. The third kappa shape index (κ3) is 2.19. The van der Waals surface area contributed by atoms with Gasteiger partial charge >= 0.3 is 0 Å². The molecular weight excluding hydrogens is 220 g/mol. The Morgan fingerprint density at radius 2 is 1.78 bits per heavy atom. The molecule has 1 atom stereocenters. The van der Waals surface area contributed by atoms with Crippen molar-refractivity contribution in [2.75, 3.05) is 0 Å². The molecule has 0 spiro atoms. The molecule has 0 aliphatic heterocycles. The van der Waals surface area contributed by atoms with Gasteiger partial charge in [-0.2, -0.15) is 10.5 Å². The number of hydrogen-bond acceptors (Lipinski definition) is 2. The van der Waals surface area contributed by atoms with E-state index in [1.807, 2.05) is 37.3 Å². The first-order valence-electron chi connectivity index (χ1n) is 5.97. The van der Waals surface area contributed by atoms with Crippen LogP contribution in [0.25, 0.3) is 10.8 Å². The normalized spacial score (nSPS) is 13.5. The van der Waals surface area contributed by atoms with Gasteiger partial charge in [0.2, 0.25) is 0 Å². The largest absolute Gasteiger partial charge is 0.198 e. The third-order valence-electron chi connectivity index (χ3n) is 3.37. The number of nitriles is 2.